The minimum Gasteiger partial charge on any atom is -0.355 e. The molecule has 0 N–H and O–H groups in total. The van der Waals surface area contributed by atoms with Gasteiger partial charge in [-0.25, -0.2) is 8.78 Å². The van der Waals surface area contributed by atoms with Crippen LogP contribution in [0.2, 0.25) is 0 Å². The summed E-state index contributed by atoms with van der Waals surface area (Å²) in [6, 6.07) is 1.37. The van der Waals surface area contributed by atoms with Gasteiger partial charge >= 0.3 is 6.18 Å². The number of hydrogen-bond acceptors (Lipinski definition) is 1. The van der Waals surface area contributed by atoms with Crippen molar-refractivity contribution in [3.8, 4) is 0 Å². The molecule has 108 valence electrons. The molecule has 0 radical (unpaired) electrons. The van der Waals surface area contributed by atoms with Gasteiger partial charge in [-0.1, -0.05) is 15.9 Å². The first kappa shape index (κ1) is 16.2. The second-order valence-corrected chi connectivity index (χ2v) is 4.94. The van der Waals surface area contributed by atoms with Gasteiger partial charge < -0.3 is 4.90 Å². The summed E-state index contributed by atoms with van der Waals surface area (Å²) < 4.78 is 65.0. The smallest absolute Gasteiger partial charge is 0.355 e. The second kappa shape index (κ2) is 6.07. The molecule has 1 aromatic carbocycles. The Hall–Kier alpha value is -0.850. The summed E-state index contributed by atoms with van der Waals surface area (Å²) in [5, 5.41) is 0.224. The van der Waals surface area contributed by atoms with Crippen molar-refractivity contribution in [1.29, 1.82) is 0 Å². The normalized spacial score (nSPS) is 12.1. The second-order valence-electron chi connectivity index (χ2n) is 4.38. The summed E-state index contributed by atoms with van der Waals surface area (Å²) in [5.74, 6) is -1.99. The lowest BCUT2D eigenvalue weighted by molar-refractivity contribution is -0.120. The van der Waals surface area contributed by atoms with Gasteiger partial charge in [0.05, 0.1) is 0 Å². The molecule has 1 nitrogen and oxygen atoms in total. The fourth-order valence-electron chi connectivity index (χ4n) is 1.68. The van der Waals surface area contributed by atoms with E-state index in [0.29, 0.717) is 10.5 Å². The molecule has 0 fully saturated rings. The quantitative estimate of drug-likeness (QED) is 0.567. The van der Waals surface area contributed by atoms with Crippen LogP contribution in [0, 0.1) is 11.6 Å². The molecule has 0 atom stereocenters. The highest BCUT2D eigenvalue weighted by atomic mass is 79.9. The SMILES string of the molecule is CC(C)N(CC(F)(F)F)c1c(F)cc(CBr)cc1F. The number of benzene rings is 1. The molecule has 0 saturated carbocycles. The van der Waals surface area contributed by atoms with E-state index in [2.05, 4.69) is 15.9 Å². The Morgan fingerprint density at radius 3 is 1.95 bits per heavy atom. The maximum absolute atomic E-state index is 13.8. The Balaban J connectivity index is 3.23. The van der Waals surface area contributed by atoms with E-state index in [1.807, 2.05) is 0 Å². The van der Waals surface area contributed by atoms with E-state index in [1.54, 1.807) is 0 Å². The molecule has 1 rings (SSSR count). The van der Waals surface area contributed by atoms with Gasteiger partial charge in [0.2, 0.25) is 0 Å². The van der Waals surface area contributed by atoms with Crippen LogP contribution >= 0.6 is 15.9 Å². The highest BCUT2D eigenvalue weighted by Gasteiger charge is 2.34. The summed E-state index contributed by atoms with van der Waals surface area (Å²) >= 11 is 3.04. The van der Waals surface area contributed by atoms with Crippen LogP contribution in [0.25, 0.3) is 0 Å². The minimum absolute atomic E-state index is 0.224. The van der Waals surface area contributed by atoms with Crippen LogP contribution in [0.1, 0.15) is 19.4 Å². The van der Waals surface area contributed by atoms with Crippen molar-refractivity contribution < 1.29 is 22.0 Å². The first-order valence-electron chi connectivity index (χ1n) is 5.53. The first-order chi connectivity index (χ1) is 8.65. The standard InChI is InChI=1S/C12H13BrF5N/c1-7(2)19(6-12(16,17)18)11-9(14)3-8(5-13)4-10(11)15/h3-4,7H,5-6H2,1-2H3. The van der Waals surface area contributed by atoms with Crippen LogP contribution in [0.3, 0.4) is 0 Å². The summed E-state index contributed by atoms with van der Waals surface area (Å²) in [7, 11) is 0. The number of rotatable bonds is 4. The summed E-state index contributed by atoms with van der Waals surface area (Å²) in [6.07, 6.45) is -4.53. The molecular formula is C12H13BrF5N. The van der Waals surface area contributed by atoms with Crippen molar-refractivity contribution in [3.63, 3.8) is 0 Å². The van der Waals surface area contributed by atoms with Crippen LogP contribution in [0.4, 0.5) is 27.6 Å². The monoisotopic (exact) mass is 345 g/mol. The molecule has 19 heavy (non-hydrogen) atoms. The molecule has 0 aliphatic carbocycles. The Kier molecular flexibility index (Phi) is 5.18. The summed E-state index contributed by atoms with van der Waals surface area (Å²) in [6.45, 7) is 1.50. The summed E-state index contributed by atoms with van der Waals surface area (Å²) in [5.41, 5.74) is -0.313. The van der Waals surface area contributed by atoms with Gasteiger partial charge in [-0.15, -0.1) is 0 Å². The van der Waals surface area contributed by atoms with Crippen molar-refractivity contribution >= 4 is 21.6 Å². The third kappa shape index (κ3) is 4.33. The van der Waals surface area contributed by atoms with Crippen molar-refractivity contribution in [3.05, 3.63) is 29.3 Å². The lowest BCUT2D eigenvalue weighted by Crippen LogP contribution is -2.40. The van der Waals surface area contributed by atoms with Crippen LogP contribution < -0.4 is 4.90 Å². The predicted octanol–water partition coefficient (Wildman–Crippen LogP) is 4.64. The molecule has 0 bridgehead atoms. The third-order valence-corrected chi connectivity index (χ3v) is 3.14. The average Bonchev–Trinajstić information content (AvgIpc) is 2.24. The van der Waals surface area contributed by atoms with E-state index in [4.69, 9.17) is 0 Å². The van der Waals surface area contributed by atoms with Gasteiger partial charge in [0, 0.05) is 11.4 Å². The molecule has 0 unspecified atom stereocenters. The third-order valence-electron chi connectivity index (χ3n) is 2.49. The van der Waals surface area contributed by atoms with E-state index in [-0.39, 0.29) is 5.33 Å². The zero-order valence-electron chi connectivity index (χ0n) is 10.4. The Morgan fingerprint density at radius 1 is 1.16 bits per heavy atom. The molecule has 7 heteroatoms. The van der Waals surface area contributed by atoms with Crippen molar-refractivity contribution in [2.75, 3.05) is 11.4 Å². The molecule has 0 spiro atoms. The van der Waals surface area contributed by atoms with Gasteiger partial charge in [0.1, 0.15) is 23.9 Å². The summed E-state index contributed by atoms with van der Waals surface area (Å²) in [4.78, 5) is 0.669. The number of nitrogens with zero attached hydrogens (tertiary/aromatic N) is 1. The Morgan fingerprint density at radius 2 is 1.63 bits per heavy atom. The molecular weight excluding hydrogens is 333 g/mol. The lowest BCUT2D eigenvalue weighted by atomic mass is 10.1. The van der Waals surface area contributed by atoms with E-state index >= 15 is 0 Å². The van der Waals surface area contributed by atoms with Crippen LogP contribution in [0.5, 0.6) is 0 Å². The lowest BCUT2D eigenvalue weighted by Gasteiger charge is -2.30. The molecule has 0 heterocycles. The van der Waals surface area contributed by atoms with Gasteiger partial charge in [0.25, 0.3) is 0 Å². The number of hydrogen-bond donors (Lipinski definition) is 0. The average molecular weight is 346 g/mol. The van der Waals surface area contributed by atoms with Crippen molar-refractivity contribution in [2.45, 2.75) is 31.4 Å². The van der Waals surface area contributed by atoms with Crippen molar-refractivity contribution in [1.82, 2.24) is 0 Å². The van der Waals surface area contributed by atoms with E-state index in [0.717, 1.165) is 12.1 Å². The van der Waals surface area contributed by atoms with E-state index in [9.17, 15) is 22.0 Å². The fourth-order valence-corrected chi connectivity index (χ4v) is 2.01. The zero-order valence-corrected chi connectivity index (χ0v) is 11.9. The predicted molar refractivity (Wildman–Crippen MR) is 67.5 cm³/mol. The number of anilines is 1. The number of alkyl halides is 4. The molecule has 0 aliphatic rings. The van der Waals surface area contributed by atoms with Gasteiger partial charge in [-0.3, -0.25) is 0 Å². The van der Waals surface area contributed by atoms with Gasteiger partial charge in [0.15, 0.2) is 0 Å². The highest BCUT2D eigenvalue weighted by molar-refractivity contribution is 9.08. The van der Waals surface area contributed by atoms with Gasteiger partial charge in [-0.05, 0) is 31.5 Å². The van der Waals surface area contributed by atoms with Gasteiger partial charge in [-0.2, -0.15) is 13.2 Å². The van der Waals surface area contributed by atoms with E-state index in [1.165, 1.54) is 13.8 Å². The zero-order chi connectivity index (χ0) is 14.8. The maximum Gasteiger partial charge on any atom is 0.405 e. The Labute approximate surface area is 116 Å². The fraction of sp³-hybridized carbons (Fsp3) is 0.500. The molecule has 0 amide bonds. The first-order valence-corrected chi connectivity index (χ1v) is 6.65. The van der Waals surface area contributed by atoms with Crippen molar-refractivity contribution in [2.24, 2.45) is 0 Å². The Bertz CT molecular complexity index is 421. The van der Waals surface area contributed by atoms with Crippen LogP contribution in [0.15, 0.2) is 12.1 Å². The van der Waals surface area contributed by atoms with Crippen LogP contribution in [-0.2, 0) is 5.33 Å². The molecule has 0 aromatic heterocycles. The largest absolute Gasteiger partial charge is 0.405 e. The maximum atomic E-state index is 13.8. The molecule has 0 aliphatic heterocycles. The molecule has 0 saturated heterocycles. The molecule has 1 aromatic rings. The topological polar surface area (TPSA) is 3.24 Å². The van der Waals surface area contributed by atoms with Crippen LogP contribution in [-0.4, -0.2) is 18.8 Å². The minimum atomic E-state index is -4.53. The number of halogens is 6. The highest BCUT2D eigenvalue weighted by Crippen LogP contribution is 2.30. The van der Waals surface area contributed by atoms with E-state index < -0.39 is 36.1 Å².